The fourth-order valence-corrected chi connectivity index (χ4v) is 5.45. The second-order valence-corrected chi connectivity index (χ2v) is 9.84. The van der Waals surface area contributed by atoms with Crippen molar-refractivity contribution in [1.29, 1.82) is 0 Å². The highest BCUT2D eigenvalue weighted by Gasteiger charge is 2.35. The van der Waals surface area contributed by atoms with Crippen molar-refractivity contribution in [2.45, 2.75) is 50.7 Å². The van der Waals surface area contributed by atoms with E-state index in [4.69, 9.17) is 0 Å². The highest BCUT2D eigenvalue weighted by atomic mass is 32.1. The number of benzene rings is 1. The van der Waals surface area contributed by atoms with E-state index in [0.29, 0.717) is 0 Å². The molecule has 0 radical (unpaired) electrons. The summed E-state index contributed by atoms with van der Waals surface area (Å²) in [6.07, 6.45) is 4.18. The maximum Gasteiger partial charge on any atom is 0.247 e. The molecule has 1 aromatic carbocycles. The van der Waals surface area contributed by atoms with Gasteiger partial charge in [-0.25, -0.2) is 4.39 Å². The highest BCUT2D eigenvalue weighted by Crippen LogP contribution is 2.29. The third-order valence-corrected chi connectivity index (χ3v) is 7.33. The lowest BCUT2D eigenvalue weighted by molar-refractivity contribution is -0.141. The SMILES string of the molecule is O=C(NC1CCCC1)[C@@H](c1ccccc1F)N(Cc1cccs1)C(=O)Cc1cccs1. The van der Waals surface area contributed by atoms with Crippen LogP contribution in [-0.4, -0.2) is 22.8 Å². The number of carbonyl (C=O) groups excluding carboxylic acids is 2. The smallest absolute Gasteiger partial charge is 0.247 e. The minimum Gasteiger partial charge on any atom is -0.351 e. The molecule has 1 aliphatic carbocycles. The van der Waals surface area contributed by atoms with Crippen LogP contribution in [0, 0.1) is 5.82 Å². The first-order valence-electron chi connectivity index (χ1n) is 10.5. The monoisotopic (exact) mass is 456 g/mol. The van der Waals surface area contributed by atoms with Crippen LogP contribution in [0.3, 0.4) is 0 Å². The molecule has 4 nitrogen and oxygen atoms in total. The summed E-state index contributed by atoms with van der Waals surface area (Å²) < 4.78 is 14.9. The second kappa shape index (κ2) is 10.2. The Morgan fingerprint density at radius 3 is 2.32 bits per heavy atom. The molecule has 3 aromatic rings. The van der Waals surface area contributed by atoms with Crippen LogP contribution in [0.25, 0.3) is 0 Å². The summed E-state index contributed by atoms with van der Waals surface area (Å²) in [5, 5.41) is 6.95. The Balaban J connectivity index is 1.69. The Kier molecular flexibility index (Phi) is 7.14. The third kappa shape index (κ3) is 5.40. The summed E-state index contributed by atoms with van der Waals surface area (Å²) in [4.78, 5) is 30.3. The van der Waals surface area contributed by atoms with E-state index >= 15 is 0 Å². The van der Waals surface area contributed by atoms with E-state index in [9.17, 15) is 14.0 Å². The molecule has 0 bridgehead atoms. The van der Waals surface area contributed by atoms with Crippen molar-refractivity contribution < 1.29 is 14.0 Å². The summed E-state index contributed by atoms with van der Waals surface area (Å²) in [6.45, 7) is 0.263. The number of amides is 2. The molecule has 1 saturated carbocycles. The quantitative estimate of drug-likeness (QED) is 0.499. The normalized spacial score (nSPS) is 15.0. The topological polar surface area (TPSA) is 49.4 Å². The van der Waals surface area contributed by atoms with Crippen LogP contribution in [0.4, 0.5) is 4.39 Å². The van der Waals surface area contributed by atoms with Crippen LogP contribution in [-0.2, 0) is 22.6 Å². The summed E-state index contributed by atoms with van der Waals surface area (Å²) in [6, 6.07) is 13.0. The fourth-order valence-electron chi connectivity index (χ4n) is 4.06. The molecule has 4 rings (SSSR count). The van der Waals surface area contributed by atoms with E-state index in [0.717, 1.165) is 35.4 Å². The predicted octanol–water partition coefficient (Wildman–Crippen LogP) is 5.32. The molecule has 0 spiro atoms. The lowest BCUT2D eigenvalue weighted by atomic mass is 10.0. The van der Waals surface area contributed by atoms with Crippen LogP contribution in [0.5, 0.6) is 0 Å². The van der Waals surface area contributed by atoms with Crippen LogP contribution in [0.15, 0.2) is 59.3 Å². The molecule has 1 aliphatic rings. The molecule has 0 aliphatic heterocycles. The Hall–Kier alpha value is -2.51. The fraction of sp³-hybridized carbons (Fsp3) is 0.333. The van der Waals surface area contributed by atoms with Crippen LogP contribution < -0.4 is 5.32 Å². The largest absolute Gasteiger partial charge is 0.351 e. The second-order valence-electron chi connectivity index (χ2n) is 7.77. The first kappa shape index (κ1) is 21.7. The zero-order valence-electron chi connectivity index (χ0n) is 17.1. The highest BCUT2D eigenvalue weighted by molar-refractivity contribution is 7.10. The standard InChI is InChI=1S/C24H25FN2O2S2/c25-21-12-4-3-11-20(21)23(24(29)26-17-7-1-2-8-17)27(16-19-10-6-14-31-19)22(28)15-18-9-5-13-30-18/h3-6,9-14,17,23H,1-2,7-8,15-16H2,(H,26,29)/t23-/m1/s1. The van der Waals surface area contributed by atoms with Crippen LogP contribution in [0.1, 0.15) is 47.0 Å². The van der Waals surface area contributed by atoms with Gasteiger partial charge in [-0.15, -0.1) is 22.7 Å². The Labute approximate surface area is 189 Å². The molecule has 2 heterocycles. The molecule has 7 heteroatoms. The van der Waals surface area contributed by atoms with Gasteiger partial charge in [0.25, 0.3) is 0 Å². The van der Waals surface area contributed by atoms with Gasteiger partial charge in [0.05, 0.1) is 13.0 Å². The van der Waals surface area contributed by atoms with Gasteiger partial charge in [0.15, 0.2) is 0 Å². The van der Waals surface area contributed by atoms with E-state index in [1.165, 1.54) is 33.6 Å². The average molecular weight is 457 g/mol. The van der Waals surface area contributed by atoms with Gasteiger partial charge in [-0.3, -0.25) is 9.59 Å². The number of hydrogen-bond acceptors (Lipinski definition) is 4. The van der Waals surface area contributed by atoms with Crippen molar-refractivity contribution in [2.75, 3.05) is 0 Å². The number of thiophene rings is 2. The van der Waals surface area contributed by atoms with Crippen molar-refractivity contribution in [3.05, 3.63) is 80.4 Å². The molecule has 0 unspecified atom stereocenters. The van der Waals surface area contributed by atoms with Gasteiger partial charge in [0.1, 0.15) is 11.9 Å². The van der Waals surface area contributed by atoms with Crippen LogP contribution in [0.2, 0.25) is 0 Å². The molecule has 2 amide bonds. The molecular weight excluding hydrogens is 431 g/mol. The average Bonchev–Trinajstić information content (AvgIpc) is 3.53. The van der Waals surface area contributed by atoms with Crippen molar-refractivity contribution >= 4 is 34.5 Å². The van der Waals surface area contributed by atoms with Crippen molar-refractivity contribution in [3.63, 3.8) is 0 Å². The summed E-state index contributed by atoms with van der Waals surface area (Å²) in [5.41, 5.74) is 0.231. The van der Waals surface area contributed by atoms with Gasteiger partial charge in [0, 0.05) is 21.4 Å². The van der Waals surface area contributed by atoms with Crippen molar-refractivity contribution in [2.24, 2.45) is 0 Å². The van der Waals surface area contributed by atoms with Crippen molar-refractivity contribution in [1.82, 2.24) is 10.2 Å². The van der Waals surface area contributed by atoms with E-state index in [-0.39, 0.29) is 36.4 Å². The molecule has 162 valence electrons. The first-order valence-corrected chi connectivity index (χ1v) is 12.3. The van der Waals surface area contributed by atoms with Gasteiger partial charge in [0.2, 0.25) is 11.8 Å². The van der Waals surface area contributed by atoms with Gasteiger partial charge in [-0.1, -0.05) is 43.2 Å². The number of nitrogens with one attached hydrogen (secondary N) is 1. The molecule has 1 atom stereocenters. The first-order chi connectivity index (χ1) is 15.1. The van der Waals surface area contributed by atoms with E-state index in [1.54, 1.807) is 18.2 Å². The molecule has 31 heavy (non-hydrogen) atoms. The summed E-state index contributed by atoms with van der Waals surface area (Å²) in [5.74, 6) is -0.979. The third-order valence-electron chi connectivity index (χ3n) is 5.59. The predicted molar refractivity (Wildman–Crippen MR) is 122 cm³/mol. The summed E-state index contributed by atoms with van der Waals surface area (Å²) >= 11 is 3.02. The van der Waals surface area contributed by atoms with Gasteiger partial charge in [-0.05, 0) is 41.8 Å². The van der Waals surface area contributed by atoms with Gasteiger partial charge in [-0.2, -0.15) is 0 Å². The minimum atomic E-state index is -1.02. The Bertz CT molecular complexity index is 999. The molecule has 0 saturated heterocycles. The lowest BCUT2D eigenvalue weighted by Gasteiger charge is -2.32. The van der Waals surface area contributed by atoms with Crippen molar-refractivity contribution in [3.8, 4) is 0 Å². The zero-order valence-corrected chi connectivity index (χ0v) is 18.8. The number of rotatable bonds is 8. The number of carbonyl (C=O) groups is 2. The molecule has 1 fully saturated rings. The van der Waals surface area contributed by atoms with E-state index in [2.05, 4.69) is 5.32 Å². The Morgan fingerprint density at radius 1 is 1.00 bits per heavy atom. The maximum atomic E-state index is 14.9. The lowest BCUT2D eigenvalue weighted by Crippen LogP contribution is -2.46. The summed E-state index contributed by atoms with van der Waals surface area (Å²) in [7, 11) is 0. The van der Waals surface area contributed by atoms with Gasteiger partial charge < -0.3 is 10.2 Å². The van der Waals surface area contributed by atoms with E-state index in [1.807, 2.05) is 35.0 Å². The number of nitrogens with zero attached hydrogens (tertiary/aromatic N) is 1. The Morgan fingerprint density at radius 2 is 1.68 bits per heavy atom. The molecule has 2 aromatic heterocycles. The number of hydrogen-bond donors (Lipinski definition) is 1. The molecular formula is C24H25FN2O2S2. The van der Waals surface area contributed by atoms with E-state index < -0.39 is 11.9 Å². The maximum absolute atomic E-state index is 14.9. The number of halogens is 1. The van der Waals surface area contributed by atoms with Crippen LogP contribution >= 0.6 is 22.7 Å². The zero-order chi connectivity index (χ0) is 21.6. The van der Waals surface area contributed by atoms with Gasteiger partial charge >= 0.3 is 0 Å². The minimum absolute atomic E-state index is 0.0813. The molecule has 1 N–H and O–H groups in total.